The second-order valence-corrected chi connectivity index (χ2v) is 4.28. The van der Waals surface area contributed by atoms with Crippen LogP contribution in [0.2, 0.25) is 0 Å². The monoisotopic (exact) mass is 303 g/mol. The van der Waals surface area contributed by atoms with Gasteiger partial charge in [0.2, 0.25) is 18.0 Å². The number of amidine groups is 1. The molecule has 0 aromatic heterocycles. The molecule has 4 N–H and O–H groups in total. The Morgan fingerprint density at radius 3 is 2.64 bits per heavy atom. The van der Waals surface area contributed by atoms with Gasteiger partial charge in [-0.3, -0.25) is 15.0 Å². The van der Waals surface area contributed by atoms with Crippen LogP contribution in [-0.4, -0.2) is 29.7 Å². The van der Waals surface area contributed by atoms with Crippen molar-refractivity contribution in [1.82, 2.24) is 0 Å². The molecule has 0 aliphatic heterocycles. The van der Waals surface area contributed by atoms with Gasteiger partial charge in [-0.1, -0.05) is 17.4 Å². The number of para-hydroxylation sites is 1. The van der Waals surface area contributed by atoms with Crippen LogP contribution in [0.4, 0.5) is 5.69 Å². The number of hydrogen-bond acceptors (Lipinski definition) is 5. The summed E-state index contributed by atoms with van der Waals surface area (Å²) in [5, 5.41) is 23.7. The van der Waals surface area contributed by atoms with Crippen LogP contribution in [0.5, 0.6) is 0 Å². The van der Waals surface area contributed by atoms with Crippen LogP contribution in [0, 0.1) is 5.41 Å². The number of benzene rings is 1. The fourth-order valence-corrected chi connectivity index (χ4v) is 1.82. The number of hydrogen-bond donors (Lipinski definition) is 3. The smallest absolute Gasteiger partial charge is 0.230 e. The van der Waals surface area contributed by atoms with E-state index in [1.54, 1.807) is 31.2 Å². The molecule has 8 nitrogen and oxygen atoms in total. The van der Waals surface area contributed by atoms with Crippen LogP contribution >= 0.6 is 0 Å². The van der Waals surface area contributed by atoms with E-state index in [-0.39, 0.29) is 11.3 Å². The molecule has 0 atom stereocenters. The van der Waals surface area contributed by atoms with Crippen molar-refractivity contribution in [3.8, 4) is 0 Å². The molecule has 0 heterocycles. The van der Waals surface area contributed by atoms with Crippen molar-refractivity contribution >= 4 is 29.5 Å². The van der Waals surface area contributed by atoms with Crippen molar-refractivity contribution in [1.29, 1.82) is 5.41 Å². The van der Waals surface area contributed by atoms with E-state index in [0.29, 0.717) is 24.2 Å². The first-order valence-electron chi connectivity index (χ1n) is 6.43. The lowest BCUT2D eigenvalue weighted by molar-refractivity contribution is -0.110. The molecule has 0 aliphatic rings. The lowest BCUT2D eigenvalue weighted by Crippen LogP contribution is -2.22. The van der Waals surface area contributed by atoms with Crippen molar-refractivity contribution in [3.05, 3.63) is 35.4 Å². The maximum atomic E-state index is 11.9. The topological polar surface area (TPSA) is 132 Å². The van der Waals surface area contributed by atoms with Crippen LogP contribution in [0.15, 0.2) is 40.2 Å². The molecule has 22 heavy (non-hydrogen) atoms. The Balaban J connectivity index is 3.35. The fraction of sp³-hybridized carbons (Fsp3) is 0.214. The molecule has 0 saturated heterocycles. The summed E-state index contributed by atoms with van der Waals surface area (Å²) in [5.41, 5.74) is 0.670. The number of aliphatic hydroxyl groups is 1. The molecule has 116 valence electrons. The van der Waals surface area contributed by atoms with Gasteiger partial charge in [0.25, 0.3) is 0 Å². The zero-order chi connectivity index (χ0) is 16.7. The number of ketones is 1. The number of nitrogens with one attached hydrogen (secondary N) is 1. The summed E-state index contributed by atoms with van der Waals surface area (Å²) in [7, 11) is 0. The maximum absolute atomic E-state index is 11.9. The van der Waals surface area contributed by atoms with Gasteiger partial charge in [-0.05, 0) is 26.0 Å². The minimum absolute atomic E-state index is 0.0909. The third-order valence-corrected chi connectivity index (χ3v) is 3.01. The number of carbonyl (C=O) groups is 2. The van der Waals surface area contributed by atoms with Crippen LogP contribution < -0.4 is 10.7 Å². The van der Waals surface area contributed by atoms with Gasteiger partial charge in [0, 0.05) is 17.7 Å². The van der Waals surface area contributed by atoms with Crippen LogP contribution in [0.25, 0.3) is 5.76 Å². The number of aliphatic hydroxyl groups excluding tert-OH is 1. The highest BCUT2D eigenvalue weighted by atomic mass is 16.3. The number of Topliss-reactive ketones (excluding diaryl/α,β-unsaturated/α-hetero) is 1. The molecule has 1 aromatic carbocycles. The van der Waals surface area contributed by atoms with Gasteiger partial charge in [0.15, 0.2) is 0 Å². The fourth-order valence-electron chi connectivity index (χ4n) is 1.82. The molecule has 1 rings (SSSR count). The summed E-state index contributed by atoms with van der Waals surface area (Å²) < 4.78 is 0. The Hall–Kier alpha value is -3.03. The molecule has 0 bridgehead atoms. The van der Waals surface area contributed by atoms with Gasteiger partial charge in [0.05, 0.1) is 5.69 Å². The minimum Gasteiger partial charge on any atom is -0.507 e. The normalized spacial score (nSPS) is 11.9. The van der Waals surface area contributed by atoms with E-state index in [9.17, 15) is 14.7 Å². The molecule has 0 fully saturated rings. The van der Waals surface area contributed by atoms with Gasteiger partial charge in [-0.25, -0.2) is 0 Å². The van der Waals surface area contributed by atoms with E-state index >= 15 is 0 Å². The van der Waals surface area contributed by atoms with Crippen molar-refractivity contribution in [3.63, 3.8) is 0 Å². The van der Waals surface area contributed by atoms with Gasteiger partial charge >= 0.3 is 0 Å². The summed E-state index contributed by atoms with van der Waals surface area (Å²) >= 11 is 0. The van der Waals surface area contributed by atoms with Gasteiger partial charge in [0.1, 0.15) is 5.76 Å². The van der Waals surface area contributed by atoms with Gasteiger partial charge < -0.3 is 15.8 Å². The minimum atomic E-state index is -0.810. The van der Waals surface area contributed by atoms with Crippen LogP contribution in [0.3, 0.4) is 0 Å². The predicted octanol–water partition coefficient (Wildman–Crippen LogP) is 1.83. The molecule has 8 heteroatoms. The molecular weight excluding hydrogens is 286 g/mol. The summed E-state index contributed by atoms with van der Waals surface area (Å²) in [6.07, 6.45) is 0.633. The Labute approximate surface area is 127 Å². The van der Waals surface area contributed by atoms with Gasteiger partial charge in [-0.15, -0.1) is 5.11 Å². The molecule has 1 aromatic rings. The highest BCUT2D eigenvalue weighted by Gasteiger charge is 2.19. The lowest BCUT2D eigenvalue weighted by atomic mass is 10.0. The third kappa shape index (κ3) is 3.54. The van der Waals surface area contributed by atoms with Gasteiger partial charge in [-0.2, -0.15) is 0 Å². The summed E-state index contributed by atoms with van der Waals surface area (Å²) in [6.45, 7) is 3.53. The average molecular weight is 303 g/mol. The molecule has 0 aliphatic carbocycles. The van der Waals surface area contributed by atoms with E-state index in [1.165, 1.54) is 11.8 Å². The number of nitrogens with two attached hydrogens (primary N) is 1. The molecule has 0 radical (unpaired) electrons. The second kappa shape index (κ2) is 7.67. The highest BCUT2D eigenvalue weighted by Crippen LogP contribution is 2.27. The van der Waals surface area contributed by atoms with E-state index in [2.05, 4.69) is 10.3 Å². The van der Waals surface area contributed by atoms with Crippen molar-refractivity contribution < 1.29 is 14.7 Å². The van der Waals surface area contributed by atoms with E-state index < -0.39 is 11.6 Å². The standard InChI is InChI=1S/C14H17N5O3/c1-3-19(8-20)11-7-5-4-6-10(11)12(21)9(2)13(22)14(15)17-18-16/h4-8,21H,3H2,1-2H3,(H3,15,16,17)/b12-9-. The maximum Gasteiger partial charge on any atom is 0.230 e. The first kappa shape index (κ1) is 17.0. The summed E-state index contributed by atoms with van der Waals surface area (Å²) in [6, 6.07) is 6.59. The van der Waals surface area contributed by atoms with Crippen LogP contribution in [0.1, 0.15) is 19.4 Å². The SMILES string of the molecule is CCN(C=O)c1ccccc1/C(O)=C(\C)C(=O)C(=N)N=NN. The summed E-state index contributed by atoms with van der Waals surface area (Å²) in [4.78, 5) is 24.4. The van der Waals surface area contributed by atoms with Crippen LogP contribution in [-0.2, 0) is 9.59 Å². The first-order valence-corrected chi connectivity index (χ1v) is 6.43. The zero-order valence-electron chi connectivity index (χ0n) is 12.3. The number of amides is 1. The average Bonchev–Trinajstić information content (AvgIpc) is 2.54. The quantitative estimate of drug-likeness (QED) is 0.108. The zero-order valence-corrected chi connectivity index (χ0v) is 12.3. The highest BCUT2D eigenvalue weighted by molar-refractivity contribution is 6.45. The van der Waals surface area contributed by atoms with E-state index in [1.807, 2.05) is 0 Å². The predicted molar refractivity (Wildman–Crippen MR) is 82.5 cm³/mol. The Kier molecular flexibility index (Phi) is 5.94. The molecule has 0 saturated carbocycles. The Morgan fingerprint density at radius 2 is 2.09 bits per heavy atom. The van der Waals surface area contributed by atoms with E-state index in [4.69, 9.17) is 11.3 Å². The molecule has 1 amide bonds. The Bertz CT molecular complexity index is 652. The molecule has 0 unspecified atom stereocenters. The van der Waals surface area contributed by atoms with E-state index in [0.717, 1.165) is 0 Å². The number of rotatable bonds is 6. The lowest BCUT2D eigenvalue weighted by Gasteiger charge is -2.19. The molecular formula is C14H17N5O3. The number of nitrogens with zero attached hydrogens (tertiary/aromatic N) is 3. The number of anilines is 1. The van der Waals surface area contributed by atoms with Crippen molar-refractivity contribution in [2.75, 3.05) is 11.4 Å². The molecule has 0 spiro atoms. The first-order chi connectivity index (χ1) is 10.5. The largest absolute Gasteiger partial charge is 0.507 e. The van der Waals surface area contributed by atoms with Crippen molar-refractivity contribution in [2.24, 2.45) is 16.2 Å². The Morgan fingerprint density at radius 1 is 1.45 bits per heavy atom. The second-order valence-electron chi connectivity index (χ2n) is 4.28. The van der Waals surface area contributed by atoms with Crippen molar-refractivity contribution in [2.45, 2.75) is 13.8 Å². The number of carbonyl (C=O) groups excluding carboxylic acids is 2. The summed E-state index contributed by atoms with van der Waals surface area (Å²) in [5.74, 6) is 2.96. The third-order valence-electron chi connectivity index (χ3n) is 3.01.